The number of nitrogens with one attached hydrogen (secondary N) is 1. The van der Waals surface area contributed by atoms with Gasteiger partial charge < -0.3 is 10.4 Å². The SMILES string of the molecule is Cc1cccc(C(=O)NCCC(C)(C)C(=O)O)c1. The molecule has 0 fully saturated rings. The van der Waals surface area contributed by atoms with Crippen molar-refractivity contribution in [3.63, 3.8) is 0 Å². The molecule has 0 aromatic heterocycles. The third-order valence-corrected chi connectivity index (χ3v) is 2.89. The molecule has 0 bridgehead atoms. The molecule has 98 valence electrons. The summed E-state index contributed by atoms with van der Waals surface area (Å²) in [6.07, 6.45) is 0.403. The van der Waals surface area contributed by atoms with E-state index < -0.39 is 11.4 Å². The van der Waals surface area contributed by atoms with Crippen molar-refractivity contribution < 1.29 is 14.7 Å². The molecule has 0 unspecified atom stereocenters. The van der Waals surface area contributed by atoms with E-state index in [4.69, 9.17) is 5.11 Å². The van der Waals surface area contributed by atoms with E-state index in [0.29, 0.717) is 18.5 Å². The molecule has 1 aromatic rings. The van der Waals surface area contributed by atoms with Crippen molar-refractivity contribution in [3.8, 4) is 0 Å². The van der Waals surface area contributed by atoms with Crippen molar-refractivity contribution in [1.29, 1.82) is 0 Å². The van der Waals surface area contributed by atoms with Crippen LogP contribution in [0.2, 0.25) is 0 Å². The number of hydrogen-bond acceptors (Lipinski definition) is 2. The van der Waals surface area contributed by atoms with Gasteiger partial charge in [-0.15, -0.1) is 0 Å². The van der Waals surface area contributed by atoms with E-state index in [0.717, 1.165) is 5.56 Å². The Morgan fingerprint density at radius 1 is 1.33 bits per heavy atom. The van der Waals surface area contributed by atoms with E-state index in [2.05, 4.69) is 5.32 Å². The zero-order valence-corrected chi connectivity index (χ0v) is 11.0. The topological polar surface area (TPSA) is 66.4 Å². The number of benzene rings is 1. The molecule has 4 heteroatoms. The van der Waals surface area contributed by atoms with Gasteiger partial charge in [0.25, 0.3) is 5.91 Å². The monoisotopic (exact) mass is 249 g/mol. The number of carbonyl (C=O) groups excluding carboxylic acids is 1. The maximum absolute atomic E-state index is 11.8. The second-order valence-corrected chi connectivity index (χ2v) is 5.06. The lowest BCUT2D eigenvalue weighted by Crippen LogP contribution is -2.31. The highest BCUT2D eigenvalue weighted by Gasteiger charge is 2.26. The van der Waals surface area contributed by atoms with Gasteiger partial charge in [-0.25, -0.2) is 0 Å². The zero-order valence-electron chi connectivity index (χ0n) is 11.0. The maximum Gasteiger partial charge on any atom is 0.309 e. The first-order chi connectivity index (χ1) is 8.33. The van der Waals surface area contributed by atoms with E-state index in [9.17, 15) is 9.59 Å². The number of aryl methyl sites for hydroxylation is 1. The van der Waals surface area contributed by atoms with Crippen molar-refractivity contribution in [1.82, 2.24) is 5.32 Å². The van der Waals surface area contributed by atoms with Crippen LogP contribution in [-0.4, -0.2) is 23.5 Å². The molecule has 0 heterocycles. The Kier molecular flexibility index (Phi) is 4.48. The Balaban J connectivity index is 2.50. The number of carbonyl (C=O) groups is 2. The summed E-state index contributed by atoms with van der Waals surface area (Å²) in [5.41, 5.74) is 0.802. The summed E-state index contributed by atoms with van der Waals surface area (Å²) in [4.78, 5) is 22.7. The van der Waals surface area contributed by atoms with Crippen molar-refractivity contribution >= 4 is 11.9 Å². The average molecular weight is 249 g/mol. The molecule has 1 rings (SSSR count). The molecular formula is C14H19NO3. The zero-order chi connectivity index (χ0) is 13.8. The molecule has 18 heavy (non-hydrogen) atoms. The van der Waals surface area contributed by atoms with Gasteiger partial charge in [0.15, 0.2) is 0 Å². The van der Waals surface area contributed by atoms with E-state index >= 15 is 0 Å². The minimum Gasteiger partial charge on any atom is -0.481 e. The number of rotatable bonds is 5. The third-order valence-electron chi connectivity index (χ3n) is 2.89. The second kappa shape index (κ2) is 5.67. The first kappa shape index (κ1) is 14.2. The van der Waals surface area contributed by atoms with E-state index in [1.807, 2.05) is 19.1 Å². The Bertz CT molecular complexity index is 452. The first-order valence-corrected chi connectivity index (χ1v) is 5.91. The number of carboxylic acids is 1. The lowest BCUT2D eigenvalue weighted by atomic mass is 9.90. The van der Waals surface area contributed by atoms with Gasteiger partial charge in [0, 0.05) is 12.1 Å². The highest BCUT2D eigenvalue weighted by molar-refractivity contribution is 5.94. The fourth-order valence-corrected chi connectivity index (χ4v) is 1.48. The molecule has 0 saturated heterocycles. The molecule has 0 saturated carbocycles. The van der Waals surface area contributed by atoms with Crippen LogP contribution in [0.5, 0.6) is 0 Å². The minimum absolute atomic E-state index is 0.167. The van der Waals surface area contributed by atoms with Crippen LogP contribution in [0.4, 0.5) is 0 Å². The Morgan fingerprint density at radius 3 is 2.56 bits per heavy atom. The smallest absolute Gasteiger partial charge is 0.309 e. The lowest BCUT2D eigenvalue weighted by Gasteiger charge is -2.18. The summed E-state index contributed by atoms with van der Waals surface area (Å²) < 4.78 is 0. The van der Waals surface area contributed by atoms with Gasteiger partial charge >= 0.3 is 5.97 Å². The number of aliphatic carboxylic acids is 1. The Morgan fingerprint density at radius 2 is 2.00 bits per heavy atom. The normalized spacial score (nSPS) is 11.1. The molecule has 0 atom stereocenters. The van der Waals surface area contributed by atoms with Gasteiger partial charge in [0.1, 0.15) is 0 Å². The lowest BCUT2D eigenvalue weighted by molar-refractivity contribution is -0.147. The van der Waals surface area contributed by atoms with Crippen LogP contribution in [-0.2, 0) is 4.79 Å². The van der Waals surface area contributed by atoms with Crippen LogP contribution in [0.1, 0.15) is 36.2 Å². The van der Waals surface area contributed by atoms with Crippen LogP contribution in [0.15, 0.2) is 24.3 Å². The number of carboxylic acid groups (broad SMARTS) is 1. The summed E-state index contributed by atoms with van der Waals surface area (Å²) in [7, 11) is 0. The standard InChI is InChI=1S/C14H19NO3/c1-10-5-4-6-11(9-10)12(16)15-8-7-14(2,3)13(17)18/h4-6,9H,7-8H2,1-3H3,(H,15,16)(H,17,18). The van der Waals surface area contributed by atoms with Gasteiger partial charge in [-0.05, 0) is 39.3 Å². The third kappa shape index (κ3) is 3.87. The van der Waals surface area contributed by atoms with Crippen LogP contribution in [0.25, 0.3) is 0 Å². The molecule has 2 N–H and O–H groups in total. The van der Waals surface area contributed by atoms with E-state index in [1.54, 1.807) is 26.0 Å². The molecule has 1 aromatic carbocycles. The van der Waals surface area contributed by atoms with Crippen molar-refractivity contribution in [2.45, 2.75) is 27.2 Å². The van der Waals surface area contributed by atoms with Gasteiger partial charge in [0.05, 0.1) is 5.41 Å². The largest absolute Gasteiger partial charge is 0.481 e. The molecule has 0 spiro atoms. The summed E-state index contributed by atoms with van der Waals surface area (Å²) >= 11 is 0. The van der Waals surface area contributed by atoms with E-state index in [1.165, 1.54) is 0 Å². The maximum atomic E-state index is 11.8. The Hall–Kier alpha value is -1.84. The fourth-order valence-electron chi connectivity index (χ4n) is 1.48. The second-order valence-electron chi connectivity index (χ2n) is 5.06. The summed E-state index contributed by atoms with van der Waals surface area (Å²) in [6, 6.07) is 7.29. The van der Waals surface area contributed by atoms with Crippen LogP contribution >= 0.6 is 0 Å². The predicted molar refractivity (Wildman–Crippen MR) is 69.5 cm³/mol. The van der Waals surface area contributed by atoms with Gasteiger partial charge in [0.2, 0.25) is 0 Å². The van der Waals surface area contributed by atoms with Gasteiger partial charge in [-0.1, -0.05) is 17.7 Å². The van der Waals surface area contributed by atoms with Crippen LogP contribution in [0, 0.1) is 12.3 Å². The van der Waals surface area contributed by atoms with Crippen LogP contribution in [0.3, 0.4) is 0 Å². The number of amides is 1. The molecule has 0 aliphatic heterocycles. The van der Waals surface area contributed by atoms with Gasteiger partial charge in [-0.3, -0.25) is 9.59 Å². The van der Waals surface area contributed by atoms with Crippen molar-refractivity contribution in [2.24, 2.45) is 5.41 Å². The average Bonchev–Trinajstić information content (AvgIpc) is 2.28. The molecular weight excluding hydrogens is 230 g/mol. The summed E-state index contributed by atoms with van der Waals surface area (Å²) in [5.74, 6) is -1.02. The predicted octanol–water partition coefficient (Wildman–Crippen LogP) is 2.23. The van der Waals surface area contributed by atoms with Crippen molar-refractivity contribution in [3.05, 3.63) is 35.4 Å². The summed E-state index contributed by atoms with van der Waals surface area (Å²) in [5, 5.41) is 11.7. The van der Waals surface area contributed by atoms with Gasteiger partial charge in [-0.2, -0.15) is 0 Å². The number of hydrogen-bond donors (Lipinski definition) is 2. The highest BCUT2D eigenvalue weighted by Crippen LogP contribution is 2.19. The van der Waals surface area contributed by atoms with Crippen LogP contribution < -0.4 is 5.32 Å². The molecule has 0 aliphatic carbocycles. The minimum atomic E-state index is -0.854. The molecule has 1 amide bonds. The molecule has 0 aliphatic rings. The van der Waals surface area contributed by atoms with Crippen molar-refractivity contribution in [2.75, 3.05) is 6.54 Å². The first-order valence-electron chi connectivity index (χ1n) is 5.91. The quantitative estimate of drug-likeness (QED) is 0.841. The summed E-state index contributed by atoms with van der Waals surface area (Å²) in [6.45, 7) is 5.57. The fraction of sp³-hybridized carbons (Fsp3) is 0.429. The molecule has 0 radical (unpaired) electrons. The molecule has 4 nitrogen and oxygen atoms in total. The highest BCUT2D eigenvalue weighted by atomic mass is 16.4. The Labute approximate surface area is 107 Å². The van der Waals surface area contributed by atoms with E-state index in [-0.39, 0.29) is 5.91 Å².